The van der Waals surface area contributed by atoms with Gasteiger partial charge in [0, 0.05) is 12.0 Å². The highest BCUT2D eigenvalue weighted by atomic mass is 16.5. The van der Waals surface area contributed by atoms with Gasteiger partial charge in [0.15, 0.2) is 0 Å². The molecule has 0 fully saturated rings. The number of aryl methyl sites for hydroxylation is 3. The summed E-state index contributed by atoms with van der Waals surface area (Å²) in [6.07, 6.45) is 0.644. The lowest BCUT2D eigenvalue weighted by molar-refractivity contribution is -0.121. The molecule has 6 nitrogen and oxygen atoms in total. The number of hydrogen-bond donors (Lipinski definition) is 2. The number of hydrogen-bond acceptors (Lipinski definition) is 4. The van der Waals surface area contributed by atoms with Crippen LogP contribution >= 0.6 is 0 Å². The van der Waals surface area contributed by atoms with Crippen LogP contribution in [0, 0.1) is 13.8 Å². The molecular formula is C23H26N2O4. The number of amides is 1. The van der Waals surface area contributed by atoms with Gasteiger partial charge < -0.3 is 19.8 Å². The smallest absolute Gasteiger partial charge is 0.251 e. The number of carbonyl (C=O) groups is 1. The minimum Gasteiger partial charge on any atom is -0.497 e. The molecule has 0 radical (unpaired) electrons. The van der Waals surface area contributed by atoms with E-state index in [0.717, 1.165) is 27.8 Å². The van der Waals surface area contributed by atoms with Crippen LogP contribution in [0.5, 0.6) is 11.5 Å². The Bertz CT molecular complexity index is 1050. The number of methoxy groups -OCH3 is 1. The highest BCUT2D eigenvalue weighted by molar-refractivity contribution is 5.83. The molecule has 6 heteroatoms. The van der Waals surface area contributed by atoms with Crippen LogP contribution in [-0.2, 0) is 11.2 Å². The molecule has 29 heavy (non-hydrogen) atoms. The van der Waals surface area contributed by atoms with E-state index in [0.29, 0.717) is 30.9 Å². The average molecular weight is 394 g/mol. The maximum absolute atomic E-state index is 12.4. The molecule has 0 aliphatic carbocycles. The number of benzene rings is 2. The quantitative estimate of drug-likeness (QED) is 0.575. The number of rotatable bonds is 8. The van der Waals surface area contributed by atoms with Crippen molar-refractivity contribution in [3.63, 3.8) is 0 Å². The molecule has 2 N–H and O–H groups in total. The van der Waals surface area contributed by atoms with Crippen LogP contribution in [0.2, 0.25) is 0 Å². The lowest BCUT2D eigenvalue weighted by Crippen LogP contribution is -2.28. The maximum Gasteiger partial charge on any atom is 0.251 e. The van der Waals surface area contributed by atoms with Crippen LogP contribution in [-0.4, -0.2) is 31.2 Å². The van der Waals surface area contributed by atoms with Gasteiger partial charge in [0.1, 0.15) is 18.1 Å². The predicted molar refractivity (Wildman–Crippen MR) is 114 cm³/mol. The lowest BCUT2D eigenvalue weighted by Gasteiger charge is -2.09. The largest absolute Gasteiger partial charge is 0.497 e. The summed E-state index contributed by atoms with van der Waals surface area (Å²) in [5.41, 5.74) is 3.55. The second-order valence-corrected chi connectivity index (χ2v) is 6.97. The van der Waals surface area contributed by atoms with Crippen LogP contribution in [0.15, 0.2) is 47.3 Å². The predicted octanol–water partition coefficient (Wildman–Crippen LogP) is 3.28. The Hall–Kier alpha value is -3.28. The van der Waals surface area contributed by atoms with E-state index in [2.05, 4.69) is 10.3 Å². The summed E-state index contributed by atoms with van der Waals surface area (Å²) in [6.45, 7) is 4.78. The van der Waals surface area contributed by atoms with Gasteiger partial charge in [-0.25, -0.2) is 0 Å². The van der Waals surface area contributed by atoms with E-state index in [9.17, 15) is 9.59 Å². The molecule has 2 aromatic carbocycles. The normalized spacial score (nSPS) is 10.7. The topological polar surface area (TPSA) is 80.4 Å². The highest BCUT2D eigenvalue weighted by Gasteiger charge is 2.09. The molecule has 0 aliphatic heterocycles. The minimum absolute atomic E-state index is 0.108. The molecule has 1 amide bonds. The summed E-state index contributed by atoms with van der Waals surface area (Å²) in [5.74, 6) is 1.37. The van der Waals surface area contributed by atoms with Gasteiger partial charge in [-0.3, -0.25) is 9.59 Å². The van der Waals surface area contributed by atoms with Crippen LogP contribution in [0.1, 0.15) is 23.1 Å². The van der Waals surface area contributed by atoms with Gasteiger partial charge in [-0.15, -0.1) is 0 Å². The Morgan fingerprint density at radius 3 is 2.52 bits per heavy atom. The third-order valence-corrected chi connectivity index (χ3v) is 5.00. The molecule has 0 atom stereocenters. The number of aromatic amines is 1. The van der Waals surface area contributed by atoms with Crippen LogP contribution in [0.4, 0.5) is 0 Å². The molecule has 1 heterocycles. The average Bonchev–Trinajstić information content (AvgIpc) is 2.73. The van der Waals surface area contributed by atoms with Gasteiger partial charge in [-0.1, -0.05) is 12.1 Å². The molecule has 1 aromatic heterocycles. The van der Waals surface area contributed by atoms with Gasteiger partial charge in [-0.2, -0.15) is 0 Å². The van der Waals surface area contributed by atoms with Crippen LogP contribution < -0.4 is 20.3 Å². The molecule has 0 aliphatic rings. The van der Waals surface area contributed by atoms with Crippen LogP contribution in [0.25, 0.3) is 10.9 Å². The third-order valence-electron chi connectivity index (χ3n) is 5.00. The first-order chi connectivity index (χ1) is 14.0. The summed E-state index contributed by atoms with van der Waals surface area (Å²) >= 11 is 0. The Morgan fingerprint density at radius 2 is 1.79 bits per heavy atom. The fourth-order valence-corrected chi connectivity index (χ4v) is 3.12. The zero-order valence-corrected chi connectivity index (χ0v) is 17.0. The number of nitrogens with one attached hydrogen (secondary N) is 2. The SMILES string of the molecule is COc1ccc(OCCNC(=O)CCc2cc3ccc(C)c(C)c3[nH]c2=O)cc1. The molecule has 0 unspecified atom stereocenters. The summed E-state index contributed by atoms with van der Waals surface area (Å²) in [4.78, 5) is 27.4. The lowest BCUT2D eigenvalue weighted by atomic mass is 10.0. The summed E-state index contributed by atoms with van der Waals surface area (Å²) in [7, 11) is 1.61. The molecule has 0 spiro atoms. The summed E-state index contributed by atoms with van der Waals surface area (Å²) < 4.78 is 10.7. The zero-order valence-electron chi connectivity index (χ0n) is 17.0. The van der Waals surface area contributed by atoms with E-state index in [1.807, 2.05) is 56.3 Å². The molecule has 0 saturated carbocycles. The number of pyridine rings is 1. The second kappa shape index (κ2) is 9.28. The molecular weight excluding hydrogens is 368 g/mol. The first-order valence-electron chi connectivity index (χ1n) is 9.63. The Morgan fingerprint density at radius 1 is 1.07 bits per heavy atom. The van der Waals surface area contributed by atoms with Crippen molar-refractivity contribution in [1.82, 2.24) is 10.3 Å². The highest BCUT2D eigenvalue weighted by Crippen LogP contribution is 2.19. The van der Waals surface area contributed by atoms with Gasteiger partial charge in [-0.05, 0) is 67.1 Å². The summed E-state index contributed by atoms with van der Waals surface area (Å²) in [6, 6.07) is 13.2. The standard InChI is InChI=1S/C23H26N2O4/c1-15-4-5-17-14-18(23(27)25-22(17)16(15)2)6-11-21(26)24-12-13-29-20-9-7-19(28-3)8-10-20/h4-5,7-10,14H,6,11-13H2,1-3H3,(H,24,26)(H,25,27). The van der Waals surface area contributed by atoms with E-state index >= 15 is 0 Å². The monoisotopic (exact) mass is 394 g/mol. The van der Waals surface area contributed by atoms with E-state index in [1.54, 1.807) is 7.11 Å². The molecule has 0 bridgehead atoms. The molecule has 0 saturated heterocycles. The van der Waals surface area contributed by atoms with Crippen molar-refractivity contribution in [1.29, 1.82) is 0 Å². The van der Waals surface area contributed by atoms with E-state index in [4.69, 9.17) is 9.47 Å². The fraction of sp³-hybridized carbons (Fsp3) is 0.304. The van der Waals surface area contributed by atoms with Crippen molar-refractivity contribution in [3.05, 3.63) is 69.5 Å². The van der Waals surface area contributed by atoms with Crippen molar-refractivity contribution >= 4 is 16.8 Å². The fourth-order valence-electron chi connectivity index (χ4n) is 3.12. The third kappa shape index (κ3) is 5.16. The van der Waals surface area contributed by atoms with Crippen molar-refractivity contribution in [2.75, 3.05) is 20.3 Å². The second-order valence-electron chi connectivity index (χ2n) is 6.97. The van der Waals surface area contributed by atoms with Gasteiger partial charge in [0.2, 0.25) is 5.91 Å². The zero-order chi connectivity index (χ0) is 20.8. The Balaban J connectivity index is 1.48. The maximum atomic E-state index is 12.4. The molecule has 152 valence electrons. The molecule has 3 aromatic rings. The Labute approximate surface area is 169 Å². The minimum atomic E-state index is -0.137. The number of ether oxygens (including phenoxy) is 2. The van der Waals surface area contributed by atoms with Gasteiger partial charge >= 0.3 is 0 Å². The molecule has 3 rings (SSSR count). The van der Waals surface area contributed by atoms with Gasteiger partial charge in [0.05, 0.1) is 19.2 Å². The van der Waals surface area contributed by atoms with E-state index < -0.39 is 0 Å². The van der Waals surface area contributed by atoms with Crippen molar-refractivity contribution in [3.8, 4) is 11.5 Å². The van der Waals surface area contributed by atoms with Crippen molar-refractivity contribution in [2.24, 2.45) is 0 Å². The van der Waals surface area contributed by atoms with Gasteiger partial charge in [0.25, 0.3) is 5.56 Å². The van der Waals surface area contributed by atoms with E-state index in [1.165, 1.54) is 0 Å². The number of fused-ring (bicyclic) bond motifs is 1. The first-order valence-corrected chi connectivity index (χ1v) is 9.63. The summed E-state index contributed by atoms with van der Waals surface area (Å²) in [5, 5.41) is 3.80. The number of aromatic nitrogens is 1. The van der Waals surface area contributed by atoms with Crippen molar-refractivity contribution in [2.45, 2.75) is 26.7 Å². The Kier molecular flexibility index (Phi) is 6.54. The van der Waals surface area contributed by atoms with Crippen molar-refractivity contribution < 1.29 is 14.3 Å². The van der Waals surface area contributed by atoms with E-state index in [-0.39, 0.29) is 17.9 Å². The number of H-pyrrole nitrogens is 1. The first kappa shape index (κ1) is 20.5. The number of carbonyl (C=O) groups excluding carboxylic acids is 1. The van der Waals surface area contributed by atoms with Crippen LogP contribution in [0.3, 0.4) is 0 Å².